The van der Waals surface area contributed by atoms with Crippen molar-refractivity contribution in [2.24, 2.45) is 0 Å². The molecule has 0 aliphatic carbocycles. The highest BCUT2D eigenvalue weighted by atomic mass is 32.2. The normalized spacial score (nSPS) is 19.2. The third kappa shape index (κ3) is 3.40. The fourth-order valence-corrected chi connectivity index (χ4v) is 3.64. The molecule has 0 saturated carbocycles. The number of fused-ring (bicyclic) bond motifs is 1. The van der Waals surface area contributed by atoms with Gasteiger partial charge in [-0.15, -0.1) is 11.8 Å². The lowest BCUT2D eigenvalue weighted by atomic mass is 10.1. The molecule has 4 nitrogen and oxygen atoms in total. The first-order valence-electron chi connectivity index (χ1n) is 7.60. The van der Waals surface area contributed by atoms with Crippen LogP contribution in [0.5, 0.6) is 0 Å². The summed E-state index contributed by atoms with van der Waals surface area (Å²) in [5, 5.41) is 2.85. The molecule has 2 aliphatic heterocycles. The molecular weight excluding hydrogens is 284 g/mol. The summed E-state index contributed by atoms with van der Waals surface area (Å²) in [5.41, 5.74) is 1.45. The van der Waals surface area contributed by atoms with E-state index in [2.05, 4.69) is 5.32 Å². The number of anilines is 1. The van der Waals surface area contributed by atoms with Crippen LogP contribution in [0.2, 0.25) is 0 Å². The van der Waals surface area contributed by atoms with Crippen LogP contribution in [-0.4, -0.2) is 35.6 Å². The van der Waals surface area contributed by atoms with E-state index in [1.165, 1.54) is 31.0 Å². The highest BCUT2D eigenvalue weighted by Gasteiger charge is 2.20. The Labute approximate surface area is 129 Å². The lowest BCUT2D eigenvalue weighted by Crippen LogP contribution is -2.34. The van der Waals surface area contributed by atoms with Gasteiger partial charge in [-0.2, -0.15) is 0 Å². The number of carbonyl (C=O) groups excluding carboxylic acids is 2. The number of carbonyl (C=O) groups is 2. The Hall–Kier alpha value is -1.49. The highest BCUT2D eigenvalue weighted by molar-refractivity contribution is 8.00. The molecule has 2 heterocycles. The molecule has 5 heteroatoms. The van der Waals surface area contributed by atoms with Crippen LogP contribution in [0.15, 0.2) is 23.1 Å². The van der Waals surface area contributed by atoms with Gasteiger partial charge in [0.05, 0.1) is 11.4 Å². The molecule has 1 aromatic carbocycles. The summed E-state index contributed by atoms with van der Waals surface area (Å²) in [7, 11) is 0. The zero-order chi connectivity index (χ0) is 14.7. The maximum Gasteiger partial charge on any atom is 0.253 e. The maximum atomic E-state index is 12.6. The second-order valence-corrected chi connectivity index (χ2v) is 6.62. The van der Waals surface area contributed by atoms with Crippen LogP contribution in [0.3, 0.4) is 0 Å². The van der Waals surface area contributed by atoms with E-state index in [9.17, 15) is 9.59 Å². The Kier molecular flexibility index (Phi) is 4.48. The number of hydrogen-bond donors (Lipinski definition) is 1. The summed E-state index contributed by atoms with van der Waals surface area (Å²) in [4.78, 5) is 27.1. The van der Waals surface area contributed by atoms with Gasteiger partial charge in [0.1, 0.15) is 0 Å². The fraction of sp³-hybridized carbons (Fsp3) is 0.500. The third-order valence-corrected chi connectivity index (χ3v) is 5.08. The molecule has 21 heavy (non-hydrogen) atoms. The molecule has 0 bridgehead atoms. The van der Waals surface area contributed by atoms with Crippen LogP contribution < -0.4 is 5.32 Å². The van der Waals surface area contributed by atoms with E-state index in [4.69, 9.17) is 0 Å². The van der Waals surface area contributed by atoms with Crippen LogP contribution in [0.4, 0.5) is 5.69 Å². The molecule has 0 spiro atoms. The van der Waals surface area contributed by atoms with Crippen molar-refractivity contribution in [2.75, 3.05) is 24.2 Å². The third-order valence-electron chi connectivity index (χ3n) is 4.00. The van der Waals surface area contributed by atoms with Gasteiger partial charge in [0, 0.05) is 23.5 Å². The second-order valence-electron chi connectivity index (χ2n) is 5.61. The first-order chi connectivity index (χ1) is 10.2. The Morgan fingerprint density at radius 2 is 1.81 bits per heavy atom. The number of likely N-dealkylation sites (tertiary alicyclic amines) is 1. The molecule has 0 atom stereocenters. The number of amides is 2. The molecule has 1 saturated heterocycles. The fourth-order valence-electron chi connectivity index (χ4n) is 2.85. The van der Waals surface area contributed by atoms with Gasteiger partial charge in [0.2, 0.25) is 5.91 Å². The molecule has 1 aromatic rings. The van der Waals surface area contributed by atoms with Gasteiger partial charge in [-0.05, 0) is 31.0 Å². The monoisotopic (exact) mass is 304 g/mol. The average Bonchev–Trinajstić information content (AvgIpc) is 2.45. The van der Waals surface area contributed by atoms with Gasteiger partial charge in [-0.1, -0.05) is 19.3 Å². The molecule has 3 rings (SSSR count). The van der Waals surface area contributed by atoms with Gasteiger partial charge >= 0.3 is 0 Å². The largest absolute Gasteiger partial charge is 0.339 e. The number of rotatable bonds is 1. The van der Waals surface area contributed by atoms with Crippen molar-refractivity contribution in [3.05, 3.63) is 23.8 Å². The van der Waals surface area contributed by atoms with E-state index in [-0.39, 0.29) is 11.8 Å². The Bertz CT molecular complexity index is 551. The Morgan fingerprint density at radius 1 is 1.10 bits per heavy atom. The van der Waals surface area contributed by atoms with Crippen molar-refractivity contribution >= 4 is 29.3 Å². The van der Waals surface area contributed by atoms with Crippen molar-refractivity contribution in [1.82, 2.24) is 4.90 Å². The molecule has 0 aromatic heterocycles. The van der Waals surface area contributed by atoms with Gasteiger partial charge in [0.25, 0.3) is 5.91 Å². The lowest BCUT2D eigenvalue weighted by molar-refractivity contribution is -0.113. The maximum absolute atomic E-state index is 12.6. The van der Waals surface area contributed by atoms with Crippen molar-refractivity contribution in [1.29, 1.82) is 0 Å². The summed E-state index contributed by atoms with van der Waals surface area (Å²) in [6.07, 6.45) is 5.87. The molecular formula is C16H20N2O2S. The minimum Gasteiger partial charge on any atom is -0.339 e. The van der Waals surface area contributed by atoms with Crippen LogP contribution in [0, 0.1) is 0 Å². The molecule has 1 fully saturated rings. The smallest absolute Gasteiger partial charge is 0.253 e. The number of nitrogens with one attached hydrogen (secondary N) is 1. The Morgan fingerprint density at radius 3 is 2.57 bits per heavy atom. The number of benzene rings is 1. The minimum atomic E-state index is 0.00311. The van der Waals surface area contributed by atoms with E-state index < -0.39 is 0 Å². The van der Waals surface area contributed by atoms with Gasteiger partial charge < -0.3 is 10.2 Å². The van der Waals surface area contributed by atoms with E-state index in [1.807, 2.05) is 23.1 Å². The summed E-state index contributed by atoms with van der Waals surface area (Å²) >= 11 is 1.52. The number of thioether (sulfide) groups is 1. The zero-order valence-corrected chi connectivity index (χ0v) is 12.9. The van der Waals surface area contributed by atoms with E-state index in [0.717, 1.165) is 36.5 Å². The van der Waals surface area contributed by atoms with Crippen LogP contribution in [0.1, 0.15) is 42.5 Å². The molecule has 0 unspecified atom stereocenters. The lowest BCUT2D eigenvalue weighted by Gasteiger charge is -2.25. The van der Waals surface area contributed by atoms with Crippen molar-refractivity contribution in [3.8, 4) is 0 Å². The second kappa shape index (κ2) is 6.52. The summed E-state index contributed by atoms with van der Waals surface area (Å²) in [5.74, 6) is 0.541. The summed E-state index contributed by atoms with van der Waals surface area (Å²) in [6.45, 7) is 1.69. The quantitative estimate of drug-likeness (QED) is 0.867. The van der Waals surface area contributed by atoms with Gasteiger partial charge in [-0.25, -0.2) is 0 Å². The SMILES string of the molecule is O=C1CSc2ccc(C(=O)N3CCCCCCC3)cc2N1. The summed E-state index contributed by atoms with van der Waals surface area (Å²) < 4.78 is 0. The van der Waals surface area contributed by atoms with E-state index in [1.54, 1.807) is 0 Å². The standard InChI is InChI=1S/C16H20N2O2S/c19-15-11-21-14-7-6-12(10-13(14)17-15)16(20)18-8-4-2-1-3-5-9-18/h6-7,10H,1-5,8-9,11H2,(H,17,19). The van der Waals surface area contributed by atoms with E-state index in [0.29, 0.717) is 11.3 Å². The first kappa shape index (κ1) is 14.4. The first-order valence-corrected chi connectivity index (χ1v) is 8.58. The number of hydrogen-bond acceptors (Lipinski definition) is 3. The van der Waals surface area contributed by atoms with Crippen molar-refractivity contribution < 1.29 is 9.59 Å². The number of nitrogens with zero attached hydrogens (tertiary/aromatic N) is 1. The minimum absolute atomic E-state index is 0.00311. The van der Waals surface area contributed by atoms with Gasteiger partial charge in [0.15, 0.2) is 0 Å². The molecule has 2 amide bonds. The molecule has 0 radical (unpaired) electrons. The zero-order valence-electron chi connectivity index (χ0n) is 12.1. The van der Waals surface area contributed by atoms with E-state index >= 15 is 0 Å². The van der Waals surface area contributed by atoms with Crippen LogP contribution in [0.25, 0.3) is 0 Å². The average molecular weight is 304 g/mol. The van der Waals surface area contributed by atoms with Crippen LogP contribution in [-0.2, 0) is 4.79 Å². The molecule has 1 N–H and O–H groups in total. The van der Waals surface area contributed by atoms with Crippen molar-refractivity contribution in [2.45, 2.75) is 37.0 Å². The summed E-state index contributed by atoms with van der Waals surface area (Å²) in [6, 6.07) is 5.64. The molecule has 112 valence electrons. The Balaban J connectivity index is 1.77. The predicted molar refractivity (Wildman–Crippen MR) is 84.8 cm³/mol. The predicted octanol–water partition coefficient (Wildman–Crippen LogP) is 3.14. The van der Waals surface area contributed by atoms with Crippen molar-refractivity contribution in [3.63, 3.8) is 0 Å². The molecule has 2 aliphatic rings. The highest BCUT2D eigenvalue weighted by Crippen LogP contribution is 2.32. The topological polar surface area (TPSA) is 49.4 Å². The van der Waals surface area contributed by atoms with Crippen LogP contribution >= 0.6 is 11.8 Å². The van der Waals surface area contributed by atoms with Gasteiger partial charge in [-0.3, -0.25) is 9.59 Å².